The van der Waals surface area contributed by atoms with Crippen molar-refractivity contribution in [2.24, 2.45) is 0 Å². The van der Waals surface area contributed by atoms with Crippen LogP contribution in [0, 0.1) is 0 Å². The Bertz CT molecular complexity index is 1130. The molecule has 0 aliphatic carbocycles. The molecular weight excluding hydrogens is 473 g/mol. The highest BCUT2D eigenvalue weighted by Gasteiger charge is 2.28. The third-order valence-electron chi connectivity index (χ3n) is 3.95. The summed E-state index contributed by atoms with van der Waals surface area (Å²) in [6, 6.07) is 4.56. The minimum absolute atomic E-state index is 0.185. The van der Waals surface area contributed by atoms with Gasteiger partial charge in [-0.1, -0.05) is 23.2 Å². The number of hydrogen-bond donors (Lipinski definition) is 1. The van der Waals surface area contributed by atoms with Gasteiger partial charge in [0.2, 0.25) is 5.91 Å². The lowest BCUT2D eigenvalue weighted by atomic mass is 10.2. The van der Waals surface area contributed by atoms with Crippen LogP contribution in [0.25, 0.3) is 10.1 Å². The summed E-state index contributed by atoms with van der Waals surface area (Å²) in [5.41, 5.74) is -1.72. The molecule has 0 spiro atoms. The van der Waals surface area contributed by atoms with Crippen molar-refractivity contribution in [2.75, 3.05) is 12.4 Å². The number of esters is 1. The van der Waals surface area contributed by atoms with Crippen molar-refractivity contribution in [3.05, 3.63) is 44.5 Å². The summed E-state index contributed by atoms with van der Waals surface area (Å²) in [6.45, 7) is -0.761. The van der Waals surface area contributed by atoms with Crippen molar-refractivity contribution in [1.29, 1.82) is 0 Å². The molecule has 160 valence electrons. The fraction of sp³-hybridized carbons (Fsp3) is 0.235. The number of fused-ring (bicyclic) bond motifs is 1. The van der Waals surface area contributed by atoms with Crippen LogP contribution in [0.1, 0.15) is 33.9 Å². The molecule has 0 aliphatic rings. The van der Waals surface area contributed by atoms with Gasteiger partial charge in [-0.2, -0.15) is 5.10 Å². The first kappa shape index (κ1) is 22.3. The number of nitrogens with zero attached hydrogens (tertiary/aromatic N) is 2. The van der Waals surface area contributed by atoms with Gasteiger partial charge in [0.1, 0.15) is 22.8 Å². The predicted octanol–water partition coefficient (Wildman–Crippen LogP) is 5.71. The monoisotopic (exact) mass is 483 g/mol. The van der Waals surface area contributed by atoms with Gasteiger partial charge in [-0.25, -0.2) is 22.4 Å². The third kappa shape index (κ3) is 4.23. The van der Waals surface area contributed by atoms with Crippen molar-refractivity contribution >= 4 is 62.2 Å². The van der Waals surface area contributed by atoms with Gasteiger partial charge in [0.05, 0.1) is 17.2 Å². The maximum absolute atomic E-state index is 13.2. The van der Waals surface area contributed by atoms with Crippen LogP contribution in [0.3, 0.4) is 0 Å². The Balaban J connectivity index is 1.84. The molecule has 1 N–H and O–H groups in total. The van der Waals surface area contributed by atoms with Gasteiger partial charge in [0, 0.05) is 15.8 Å². The topological polar surface area (TPSA) is 73.2 Å². The number of hydrogen-bond acceptors (Lipinski definition) is 5. The highest BCUT2D eigenvalue weighted by atomic mass is 35.5. The Labute approximate surface area is 180 Å². The van der Waals surface area contributed by atoms with Crippen LogP contribution in [-0.2, 0) is 16.1 Å². The van der Waals surface area contributed by atoms with Crippen LogP contribution in [0.15, 0.2) is 18.2 Å². The Morgan fingerprint density at radius 3 is 2.50 bits per heavy atom. The lowest BCUT2D eigenvalue weighted by Crippen LogP contribution is -2.21. The number of carbonyl (C=O) groups is 2. The molecule has 3 aromatic rings. The van der Waals surface area contributed by atoms with Gasteiger partial charge < -0.3 is 10.1 Å². The number of ether oxygens (including phenoxy) is 1. The average molecular weight is 484 g/mol. The van der Waals surface area contributed by atoms with Crippen molar-refractivity contribution in [2.45, 2.75) is 19.4 Å². The third-order valence-corrected chi connectivity index (χ3v) is 5.97. The van der Waals surface area contributed by atoms with E-state index in [2.05, 4.69) is 15.2 Å². The van der Waals surface area contributed by atoms with E-state index in [0.717, 1.165) is 11.3 Å². The number of aromatic nitrogens is 2. The molecule has 1 amide bonds. The van der Waals surface area contributed by atoms with E-state index in [0.29, 0.717) is 14.8 Å². The first-order chi connectivity index (χ1) is 14.1. The summed E-state index contributed by atoms with van der Waals surface area (Å²) in [5, 5.41) is 5.66. The van der Waals surface area contributed by atoms with Gasteiger partial charge in [0.25, 0.3) is 12.9 Å². The minimum atomic E-state index is -3.20. The van der Waals surface area contributed by atoms with Crippen molar-refractivity contribution in [3.63, 3.8) is 0 Å². The maximum Gasteiger partial charge on any atom is 0.349 e. The SMILES string of the molecule is COC(=O)c1sc2cc(NC(=O)Cn3nc(C(F)F)c(Cl)c3C(F)F)ccc2c1Cl. The molecule has 0 aliphatic heterocycles. The summed E-state index contributed by atoms with van der Waals surface area (Å²) < 4.78 is 57.8. The van der Waals surface area contributed by atoms with Crippen molar-refractivity contribution in [1.82, 2.24) is 9.78 Å². The largest absolute Gasteiger partial charge is 0.465 e. The molecule has 1 aromatic carbocycles. The highest BCUT2D eigenvalue weighted by molar-refractivity contribution is 7.21. The second kappa shape index (κ2) is 8.78. The van der Waals surface area contributed by atoms with Crippen molar-refractivity contribution < 1.29 is 31.9 Å². The molecule has 0 fully saturated rings. The first-order valence-electron chi connectivity index (χ1n) is 8.06. The Kier molecular flexibility index (Phi) is 6.53. The summed E-state index contributed by atoms with van der Waals surface area (Å²) >= 11 is 12.8. The minimum Gasteiger partial charge on any atom is -0.465 e. The second-order valence-corrected chi connectivity index (χ2v) is 7.65. The van der Waals surface area contributed by atoms with Crippen LogP contribution >= 0.6 is 34.5 Å². The Hall–Kier alpha value is -2.37. The molecule has 13 heteroatoms. The number of carbonyl (C=O) groups excluding carboxylic acids is 2. The number of rotatable bonds is 6. The number of nitrogens with one attached hydrogen (secondary N) is 1. The van der Waals surface area contributed by atoms with Gasteiger partial charge in [-0.05, 0) is 18.2 Å². The smallest absolute Gasteiger partial charge is 0.349 e. The second-order valence-electron chi connectivity index (χ2n) is 5.84. The quantitative estimate of drug-likeness (QED) is 0.360. The summed E-state index contributed by atoms with van der Waals surface area (Å²) in [5.74, 6) is -1.41. The molecule has 0 unspecified atom stereocenters. The van der Waals surface area contributed by atoms with Gasteiger partial charge in [-0.15, -0.1) is 11.3 Å². The standard InChI is InChI=1S/C17H11Cl2F4N3O3S/c1-29-17(28)14-10(18)7-3-2-6(4-8(7)30-14)24-9(27)5-26-13(16(22)23)11(19)12(25-26)15(20)21/h2-4,15-16H,5H2,1H3,(H,24,27). The first-order valence-corrected chi connectivity index (χ1v) is 9.63. The van der Waals surface area contributed by atoms with E-state index in [1.54, 1.807) is 6.07 Å². The summed E-state index contributed by atoms with van der Waals surface area (Å²) in [4.78, 5) is 24.2. The van der Waals surface area contributed by atoms with Crippen molar-refractivity contribution in [3.8, 4) is 0 Å². The van der Waals surface area contributed by atoms with Crippen LogP contribution < -0.4 is 5.32 Å². The Morgan fingerprint density at radius 2 is 1.90 bits per heavy atom. The van der Waals surface area contributed by atoms with E-state index >= 15 is 0 Å². The molecule has 0 radical (unpaired) electrons. The molecule has 0 atom stereocenters. The fourth-order valence-electron chi connectivity index (χ4n) is 2.64. The molecule has 30 heavy (non-hydrogen) atoms. The normalized spacial score (nSPS) is 11.5. The molecule has 3 rings (SSSR count). The summed E-state index contributed by atoms with van der Waals surface area (Å²) in [7, 11) is 1.21. The zero-order chi connectivity index (χ0) is 22.2. The zero-order valence-corrected chi connectivity index (χ0v) is 17.2. The predicted molar refractivity (Wildman–Crippen MR) is 104 cm³/mol. The van der Waals surface area contributed by atoms with E-state index in [-0.39, 0.29) is 15.6 Å². The zero-order valence-electron chi connectivity index (χ0n) is 14.9. The van der Waals surface area contributed by atoms with Crippen LogP contribution in [0.4, 0.5) is 23.2 Å². The van der Waals surface area contributed by atoms with Gasteiger partial charge >= 0.3 is 5.97 Å². The highest BCUT2D eigenvalue weighted by Crippen LogP contribution is 2.37. The number of anilines is 1. The number of thiophene rings is 1. The number of amides is 1. The number of alkyl halides is 4. The molecule has 2 aromatic heterocycles. The van der Waals surface area contributed by atoms with Crippen LogP contribution in [0.5, 0.6) is 0 Å². The van der Waals surface area contributed by atoms with E-state index in [1.807, 2.05) is 0 Å². The van der Waals surface area contributed by atoms with Gasteiger partial charge in [0.15, 0.2) is 0 Å². The molecule has 0 bridgehead atoms. The molecule has 0 saturated heterocycles. The lowest BCUT2D eigenvalue weighted by molar-refractivity contribution is -0.117. The maximum atomic E-state index is 13.2. The fourth-order valence-corrected chi connectivity index (χ4v) is 4.41. The van der Waals surface area contributed by atoms with Crippen LogP contribution in [-0.4, -0.2) is 28.8 Å². The molecular formula is C17H11Cl2F4N3O3S. The van der Waals surface area contributed by atoms with E-state index < -0.39 is 47.7 Å². The number of halogens is 6. The average Bonchev–Trinajstić information content (AvgIpc) is 3.17. The van der Waals surface area contributed by atoms with E-state index in [4.69, 9.17) is 23.2 Å². The lowest BCUT2D eigenvalue weighted by Gasteiger charge is -2.08. The molecule has 0 saturated carbocycles. The van der Waals surface area contributed by atoms with E-state index in [1.165, 1.54) is 19.2 Å². The van der Waals surface area contributed by atoms with Gasteiger partial charge in [-0.3, -0.25) is 9.48 Å². The number of methoxy groups -OCH3 is 1. The van der Waals surface area contributed by atoms with E-state index in [9.17, 15) is 27.2 Å². The number of benzene rings is 1. The molecule has 2 heterocycles. The summed E-state index contributed by atoms with van der Waals surface area (Å²) in [6.07, 6.45) is -6.37. The Morgan fingerprint density at radius 1 is 1.20 bits per heavy atom. The molecule has 6 nitrogen and oxygen atoms in total. The van der Waals surface area contributed by atoms with Crippen LogP contribution in [0.2, 0.25) is 10.0 Å².